The van der Waals surface area contributed by atoms with Gasteiger partial charge < -0.3 is 21.1 Å². The third-order valence-electron chi connectivity index (χ3n) is 6.32. The summed E-state index contributed by atoms with van der Waals surface area (Å²) in [6, 6.07) is 19.0. The van der Waals surface area contributed by atoms with E-state index in [4.69, 9.17) is 10.7 Å². The molecule has 0 atom stereocenters. The number of benzene rings is 3. The van der Waals surface area contributed by atoms with Gasteiger partial charge in [-0.1, -0.05) is 36.4 Å². The Morgan fingerprint density at radius 2 is 1.74 bits per heavy atom. The molecule has 0 radical (unpaired) electrons. The average molecular weight is 451 g/mol. The molecule has 1 aliphatic heterocycles. The molecule has 8 heteroatoms. The molecule has 3 aromatic carbocycles. The number of hydrogen-bond donors (Lipinski definition) is 4. The number of H-pyrrole nitrogens is 1. The van der Waals surface area contributed by atoms with Gasteiger partial charge in [-0.2, -0.15) is 5.10 Å². The van der Waals surface area contributed by atoms with Crippen LogP contribution in [-0.2, 0) is 20.1 Å². The van der Waals surface area contributed by atoms with Gasteiger partial charge in [0.1, 0.15) is 11.4 Å². The number of primary amides is 1. The second-order valence-electron chi connectivity index (χ2n) is 8.52. The maximum atomic E-state index is 11.5. The van der Waals surface area contributed by atoms with Crippen molar-refractivity contribution in [1.29, 1.82) is 0 Å². The second kappa shape index (κ2) is 7.57. The minimum absolute atomic E-state index is 0.0687. The summed E-state index contributed by atoms with van der Waals surface area (Å²) in [5.74, 6) is 0.181. The molecule has 168 valence electrons. The van der Waals surface area contributed by atoms with Crippen molar-refractivity contribution in [3.05, 3.63) is 77.4 Å². The van der Waals surface area contributed by atoms with Gasteiger partial charge in [0.2, 0.25) is 5.91 Å². The number of rotatable bonds is 4. The number of hydrogen-bond acceptors (Lipinski definition) is 5. The zero-order valence-corrected chi connectivity index (χ0v) is 18.5. The molecule has 0 spiro atoms. The molecule has 0 bridgehead atoms. The van der Waals surface area contributed by atoms with Gasteiger partial charge in [-0.3, -0.25) is 9.48 Å². The van der Waals surface area contributed by atoms with Crippen molar-refractivity contribution in [1.82, 2.24) is 25.1 Å². The van der Waals surface area contributed by atoms with Crippen molar-refractivity contribution < 1.29 is 9.90 Å². The molecule has 0 fully saturated rings. The number of aromatic hydroxyl groups is 1. The van der Waals surface area contributed by atoms with Crippen LogP contribution in [0.4, 0.5) is 0 Å². The monoisotopic (exact) mass is 450 g/mol. The zero-order valence-electron chi connectivity index (χ0n) is 18.5. The lowest BCUT2D eigenvalue weighted by atomic mass is 10.0. The molecule has 2 aromatic heterocycles. The summed E-state index contributed by atoms with van der Waals surface area (Å²) in [5, 5.41) is 19.0. The van der Waals surface area contributed by atoms with E-state index in [0.29, 0.717) is 22.8 Å². The van der Waals surface area contributed by atoms with Crippen LogP contribution in [0.25, 0.3) is 44.9 Å². The molecule has 5 N–H and O–H groups in total. The predicted molar refractivity (Wildman–Crippen MR) is 130 cm³/mol. The van der Waals surface area contributed by atoms with Crippen LogP contribution in [0.2, 0.25) is 0 Å². The third-order valence-corrected chi connectivity index (χ3v) is 6.32. The van der Waals surface area contributed by atoms with E-state index < -0.39 is 5.91 Å². The van der Waals surface area contributed by atoms with E-state index in [1.54, 1.807) is 29.9 Å². The molecule has 0 saturated carbocycles. The fourth-order valence-electron chi connectivity index (χ4n) is 4.56. The largest absolute Gasteiger partial charge is 0.504 e. The second-order valence-corrected chi connectivity index (χ2v) is 8.52. The molecule has 1 aliphatic rings. The SMILES string of the molecule is Cn1nc(-c2ccc(-c3cccc(C(N)=O)c3)cc2)c(O)c1-c1nc2cc3c(cc2[nH]1)CNC3. The standard InChI is InChI=1S/C26H22N6O2/c1-32-23(26-29-20-10-18-12-28-13-19(18)11-21(20)30-26)24(33)22(31-32)15-7-5-14(6-8-15)16-3-2-4-17(9-16)25(27)34/h2-11,28,33H,12-13H2,1H3,(H2,27,34)(H,29,30). The summed E-state index contributed by atoms with van der Waals surface area (Å²) in [4.78, 5) is 19.6. The van der Waals surface area contributed by atoms with Gasteiger partial charge in [-0.15, -0.1) is 0 Å². The lowest BCUT2D eigenvalue weighted by molar-refractivity contribution is 0.100. The Labute approximate surface area is 195 Å². The minimum atomic E-state index is -0.462. The minimum Gasteiger partial charge on any atom is -0.504 e. The molecule has 0 aliphatic carbocycles. The number of aromatic nitrogens is 4. The summed E-state index contributed by atoms with van der Waals surface area (Å²) in [6.45, 7) is 1.70. The van der Waals surface area contributed by atoms with Crippen molar-refractivity contribution in [3.8, 4) is 39.7 Å². The van der Waals surface area contributed by atoms with E-state index in [1.165, 1.54) is 11.1 Å². The summed E-state index contributed by atoms with van der Waals surface area (Å²) in [7, 11) is 1.79. The average Bonchev–Trinajstić information content (AvgIpc) is 3.53. The Morgan fingerprint density at radius 3 is 2.50 bits per heavy atom. The van der Waals surface area contributed by atoms with Crippen molar-refractivity contribution >= 4 is 16.9 Å². The highest BCUT2D eigenvalue weighted by Crippen LogP contribution is 2.38. The fourth-order valence-corrected chi connectivity index (χ4v) is 4.56. The number of nitrogens with zero attached hydrogens (tertiary/aromatic N) is 3. The highest BCUT2D eigenvalue weighted by molar-refractivity contribution is 5.94. The van der Waals surface area contributed by atoms with Crippen molar-refractivity contribution in [2.24, 2.45) is 12.8 Å². The van der Waals surface area contributed by atoms with Gasteiger partial charge in [-0.05, 0) is 46.5 Å². The van der Waals surface area contributed by atoms with Crippen molar-refractivity contribution in [2.45, 2.75) is 13.1 Å². The Hall–Kier alpha value is -4.43. The van der Waals surface area contributed by atoms with Crippen LogP contribution in [-0.4, -0.2) is 30.8 Å². The molecule has 6 rings (SSSR count). The highest BCUT2D eigenvalue weighted by atomic mass is 16.3. The number of imidazole rings is 1. The molecule has 1 amide bonds. The fraction of sp³-hybridized carbons (Fsp3) is 0.115. The smallest absolute Gasteiger partial charge is 0.248 e. The third kappa shape index (κ3) is 3.23. The van der Waals surface area contributed by atoms with Gasteiger partial charge in [-0.25, -0.2) is 4.98 Å². The Morgan fingerprint density at radius 1 is 1.00 bits per heavy atom. The number of nitrogens with one attached hydrogen (secondary N) is 2. The molecule has 0 saturated heterocycles. The summed E-state index contributed by atoms with van der Waals surface area (Å²) < 4.78 is 1.64. The lowest BCUT2D eigenvalue weighted by Crippen LogP contribution is -2.10. The van der Waals surface area contributed by atoms with Gasteiger partial charge >= 0.3 is 0 Å². The Balaban J connectivity index is 1.36. The van der Waals surface area contributed by atoms with Gasteiger partial charge in [0.15, 0.2) is 11.6 Å². The lowest BCUT2D eigenvalue weighted by Gasteiger charge is -2.05. The molecule has 0 unspecified atom stereocenters. The van der Waals surface area contributed by atoms with E-state index in [-0.39, 0.29) is 5.75 Å². The van der Waals surface area contributed by atoms with Crippen LogP contribution in [0.1, 0.15) is 21.5 Å². The van der Waals surface area contributed by atoms with Crippen LogP contribution in [0.15, 0.2) is 60.7 Å². The van der Waals surface area contributed by atoms with Gasteiger partial charge in [0, 0.05) is 31.3 Å². The molecule has 8 nitrogen and oxygen atoms in total. The highest BCUT2D eigenvalue weighted by Gasteiger charge is 2.22. The van der Waals surface area contributed by atoms with Gasteiger partial charge in [0.05, 0.1) is 11.0 Å². The van der Waals surface area contributed by atoms with E-state index in [9.17, 15) is 9.90 Å². The summed E-state index contributed by atoms with van der Waals surface area (Å²) in [6.07, 6.45) is 0. The quantitative estimate of drug-likeness (QED) is 0.333. The number of carbonyl (C=O) groups is 1. The van der Waals surface area contributed by atoms with Crippen LogP contribution < -0.4 is 11.1 Å². The maximum absolute atomic E-state index is 11.5. The Kier molecular flexibility index (Phi) is 4.50. The normalized spacial score (nSPS) is 12.9. The number of amides is 1. The van der Waals surface area contributed by atoms with Crippen molar-refractivity contribution in [2.75, 3.05) is 0 Å². The number of nitrogens with two attached hydrogens (primary N) is 1. The summed E-state index contributed by atoms with van der Waals surface area (Å²) >= 11 is 0. The molecule has 3 heterocycles. The number of carbonyl (C=O) groups excluding carboxylic acids is 1. The first-order valence-corrected chi connectivity index (χ1v) is 11.0. The molecular formula is C26H22N6O2. The van der Waals surface area contributed by atoms with E-state index in [1.807, 2.05) is 30.3 Å². The topological polar surface area (TPSA) is 122 Å². The first-order valence-electron chi connectivity index (χ1n) is 11.0. The van der Waals surface area contributed by atoms with Crippen LogP contribution >= 0.6 is 0 Å². The number of fused-ring (bicyclic) bond motifs is 2. The van der Waals surface area contributed by atoms with Crippen molar-refractivity contribution in [3.63, 3.8) is 0 Å². The Bertz CT molecular complexity index is 1540. The van der Waals surface area contributed by atoms with Gasteiger partial charge in [0.25, 0.3) is 0 Å². The number of aryl methyl sites for hydroxylation is 1. The predicted octanol–water partition coefficient (Wildman–Crippen LogP) is 3.71. The first-order chi connectivity index (χ1) is 16.5. The van der Waals surface area contributed by atoms with Crippen LogP contribution in [0.5, 0.6) is 5.75 Å². The van der Waals surface area contributed by atoms with Crippen LogP contribution in [0, 0.1) is 0 Å². The molecule has 5 aromatic rings. The van der Waals surface area contributed by atoms with E-state index in [0.717, 1.165) is 40.8 Å². The molecule has 34 heavy (non-hydrogen) atoms. The maximum Gasteiger partial charge on any atom is 0.248 e. The van der Waals surface area contributed by atoms with E-state index in [2.05, 4.69) is 27.5 Å². The zero-order chi connectivity index (χ0) is 23.4. The molecular weight excluding hydrogens is 428 g/mol. The number of aromatic amines is 1. The summed E-state index contributed by atoms with van der Waals surface area (Å²) in [5.41, 5.74) is 13.8. The van der Waals surface area contributed by atoms with E-state index >= 15 is 0 Å². The van der Waals surface area contributed by atoms with Crippen LogP contribution in [0.3, 0.4) is 0 Å². The first kappa shape index (κ1) is 20.2.